The number of imide groups is 1. The van der Waals surface area contributed by atoms with Crippen molar-refractivity contribution in [1.82, 2.24) is 4.90 Å². The molecule has 1 saturated heterocycles. The Kier molecular flexibility index (Phi) is 6.11. The zero-order valence-corrected chi connectivity index (χ0v) is 14.9. The lowest BCUT2D eigenvalue weighted by molar-refractivity contribution is -0.182. The number of esters is 1. The average Bonchev–Trinajstić information content (AvgIpc) is 2.57. The fourth-order valence-electron chi connectivity index (χ4n) is 3.79. The van der Waals surface area contributed by atoms with Gasteiger partial charge in [-0.15, -0.1) is 0 Å². The van der Waals surface area contributed by atoms with Crippen molar-refractivity contribution in [2.75, 3.05) is 13.7 Å². The van der Waals surface area contributed by atoms with Gasteiger partial charge in [0.15, 0.2) is 5.78 Å². The van der Waals surface area contributed by atoms with Crippen molar-refractivity contribution < 1.29 is 28.7 Å². The second-order valence-electron chi connectivity index (χ2n) is 6.83. The summed E-state index contributed by atoms with van der Waals surface area (Å²) in [6.07, 6.45) is 2.80. The first kappa shape index (κ1) is 19.3. The zero-order chi connectivity index (χ0) is 18.7. The van der Waals surface area contributed by atoms with E-state index in [2.05, 4.69) is 6.58 Å². The van der Waals surface area contributed by atoms with Crippen LogP contribution in [0.4, 0.5) is 0 Å². The van der Waals surface area contributed by atoms with E-state index in [0.29, 0.717) is 12.8 Å². The van der Waals surface area contributed by atoms with Crippen LogP contribution in [0.1, 0.15) is 33.1 Å². The van der Waals surface area contributed by atoms with Gasteiger partial charge in [0.25, 0.3) is 0 Å². The van der Waals surface area contributed by atoms with Gasteiger partial charge >= 0.3 is 11.9 Å². The molecule has 25 heavy (non-hydrogen) atoms. The fraction of sp³-hybridized carbons (Fsp3) is 0.667. The van der Waals surface area contributed by atoms with Crippen molar-refractivity contribution in [2.45, 2.75) is 45.3 Å². The highest BCUT2D eigenvalue weighted by Gasteiger charge is 2.58. The van der Waals surface area contributed by atoms with Crippen molar-refractivity contribution in [3.05, 3.63) is 12.7 Å². The molecule has 138 valence electrons. The predicted octanol–water partition coefficient (Wildman–Crippen LogP) is 1.11. The van der Waals surface area contributed by atoms with Crippen LogP contribution in [0.3, 0.4) is 0 Å². The highest BCUT2D eigenvalue weighted by Crippen LogP contribution is 2.41. The largest absolute Gasteiger partial charge is 0.454 e. The van der Waals surface area contributed by atoms with E-state index in [1.54, 1.807) is 0 Å². The van der Waals surface area contributed by atoms with E-state index in [4.69, 9.17) is 9.47 Å². The molecule has 7 heteroatoms. The third-order valence-electron chi connectivity index (χ3n) is 4.99. The number of ketones is 1. The summed E-state index contributed by atoms with van der Waals surface area (Å²) in [6.45, 7) is 7.04. The van der Waals surface area contributed by atoms with Crippen LogP contribution in [0.15, 0.2) is 12.7 Å². The molecule has 0 unspecified atom stereocenters. The number of amides is 2. The number of methoxy groups -OCH3 is 1. The molecule has 1 aliphatic heterocycles. The molecule has 0 bridgehead atoms. The van der Waals surface area contributed by atoms with Gasteiger partial charge in [0.1, 0.15) is 12.7 Å². The van der Waals surface area contributed by atoms with Crippen LogP contribution in [0.2, 0.25) is 0 Å². The Balaban J connectivity index is 2.25. The SMILES string of the molecule is C=CCOC(=O)C(=O)N1C(=O)[C@H](C(C)C)[C@H]1[C@H]1CCC[C@H](OC)C1=O. The summed E-state index contributed by atoms with van der Waals surface area (Å²) in [5.74, 6) is -3.64. The molecule has 1 heterocycles. The molecule has 2 rings (SSSR count). The van der Waals surface area contributed by atoms with Gasteiger partial charge < -0.3 is 9.47 Å². The molecule has 7 nitrogen and oxygen atoms in total. The summed E-state index contributed by atoms with van der Waals surface area (Å²) >= 11 is 0. The van der Waals surface area contributed by atoms with Gasteiger partial charge in [-0.3, -0.25) is 19.3 Å². The summed E-state index contributed by atoms with van der Waals surface area (Å²) in [7, 11) is 1.48. The first-order chi connectivity index (χ1) is 11.8. The third-order valence-corrected chi connectivity index (χ3v) is 4.99. The van der Waals surface area contributed by atoms with Crippen molar-refractivity contribution in [3.8, 4) is 0 Å². The minimum Gasteiger partial charge on any atom is -0.454 e. The van der Waals surface area contributed by atoms with E-state index in [1.807, 2.05) is 13.8 Å². The number of likely N-dealkylation sites (tertiary alicyclic amines) is 1. The molecular formula is C18H25NO6. The molecule has 4 atom stereocenters. The number of carbonyl (C=O) groups excluding carboxylic acids is 4. The van der Waals surface area contributed by atoms with Crippen molar-refractivity contribution in [1.29, 1.82) is 0 Å². The number of rotatable bonds is 5. The number of ether oxygens (including phenoxy) is 2. The van der Waals surface area contributed by atoms with Gasteiger partial charge in [0.2, 0.25) is 5.91 Å². The molecule has 0 aromatic rings. The number of hydrogen-bond donors (Lipinski definition) is 0. The van der Waals surface area contributed by atoms with Crippen LogP contribution in [0, 0.1) is 17.8 Å². The van der Waals surface area contributed by atoms with Crippen LogP contribution < -0.4 is 0 Å². The second-order valence-corrected chi connectivity index (χ2v) is 6.83. The zero-order valence-electron chi connectivity index (χ0n) is 14.9. The minimum absolute atomic E-state index is 0.0403. The molecule has 0 N–H and O–H groups in total. The lowest BCUT2D eigenvalue weighted by Crippen LogP contribution is -2.70. The smallest absolute Gasteiger partial charge is 0.397 e. The Morgan fingerprint density at radius 1 is 1.32 bits per heavy atom. The Labute approximate surface area is 147 Å². The third kappa shape index (κ3) is 3.51. The van der Waals surface area contributed by atoms with E-state index in [9.17, 15) is 19.2 Å². The molecule has 0 aromatic carbocycles. The van der Waals surface area contributed by atoms with Gasteiger partial charge in [0.05, 0.1) is 12.0 Å². The van der Waals surface area contributed by atoms with E-state index in [-0.39, 0.29) is 18.3 Å². The quantitative estimate of drug-likeness (QED) is 0.319. The monoisotopic (exact) mass is 351 g/mol. The highest BCUT2D eigenvalue weighted by molar-refractivity contribution is 6.36. The maximum absolute atomic E-state index is 12.7. The summed E-state index contributed by atoms with van der Waals surface area (Å²) in [6, 6.07) is -0.610. The lowest BCUT2D eigenvalue weighted by Gasteiger charge is -2.51. The molecule has 0 aromatic heterocycles. The first-order valence-electron chi connectivity index (χ1n) is 8.56. The average molecular weight is 351 g/mol. The molecule has 0 radical (unpaired) electrons. The van der Waals surface area contributed by atoms with E-state index < -0.39 is 41.8 Å². The van der Waals surface area contributed by atoms with Gasteiger partial charge in [-0.1, -0.05) is 26.5 Å². The Morgan fingerprint density at radius 2 is 2.00 bits per heavy atom. The van der Waals surface area contributed by atoms with Gasteiger partial charge in [-0.25, -0.2) is 4.79 Å². The summed E-state index contributed by atoms with van der Waals surface area (Å²) in [5.41, 5.74) is 0. The summed E-state index contributed by atoms with van der Waals surface area (Å²) in [4.78, 5) is 50.3. The Hall–Kier alpha value is -2.02. The van der Waals surface area contributed by atoms with Crippen LogP contribution in [-0.4, -0.2) is 54.3 Å². The number of Topliss-reactive ketones (excluding diaryl/α,β-unsaturated/α-hetero) is 1. The van der Waals surface area contributed by atoms with Crippen molar-refractivity contribution in [2.24, 2.45) is 17.8 Å². The fourth-order valence-corrected chi connectivity index (χ4v) is 3.79. The lowest BCUT2D eigenvalue weighted by atomic mass is 9.67. The molecular weight excluding hydrogens is 326 g/mol. The maximum atomic E-state index is 12.7. The second kappa shape index (κ2) is 7.91. The molecule has 0 spiro atoms. The Morgan fingerprint density at radius 3 is 2.56 bits per heavy atom. The predicted molar refractivity (Wildman–Crippen MR) is 88.3 cm³/mol. The molecule has 2 amide bonds. The van der Waals surface area contributed by atoms with Gasteiger partial charge in [-0.2, -0.15) is 0 Å². The number of nitrogens with zero attached hydrogens (tertiary/aromatic N) is 1. The summed E-state index contributed by atoms with van der Waals surface area (Å²) in [5, 5.41) is 0. The van der Waals surface area contributed by atoms with Crippen LogP contribution in [0.25, 0.3) is 0 Å². The van der Waals surface area contributed by atoms with Gasteiger partial charge in [-0.05, 0) is 25.2 Å². The number of carbonyl (C=O) groups is 4. The molecule has 2 aliphatic rings. The number of hydrogen-bond acceptors (Lipinski definition) is 6. The van der Waals surface area contributed by atoms with Crippen molar-refractivity contribution in [3.63, 3.8) is 0 Å². The number of β-lactam (4-membered cyclic amide) rings is 1. The van der Waals surface area contributed by atoms with Crippen molar-refractivity contribution >= 4 is 23.6 Å². The van der Waals surface area contributed by atoms with Crippen LogP contribution >= 0.6 is 0 Å². The first-order valence-corrected chi connectivity index (χ1v) is 8.56. The molecule has 1 aliphatic carbocycles. The van der Waals surface area contributed by atoms with Gasteiger partial charge in [0, 0.05) is 13.0 Å². The van der Waals surface area contributed by atoms with E-state index in [1.165, 1.54) is 13.2 Å². The van der Waals surface area contributed by atoms with E-state index in [0.717, 1.165) is 11.3 Å². The molecule has 2 fully saturated rings. The van der Waals surface area contributed by atoms with Crippen LogP contribution in [0.5, 0.6) is 0 Å². The summed E-state index contributed by atoms with van der Waals surface area (Å²) < 4.78 is 9.98. The highest BCUT2D eigenvalue weighted by atomic mass is 16.5. The minimum atomic E-state index is -1.10. The topological polar surface area (TPSA) is 90.0 Å². The Bertz CT molecular complexity index is 584. The maximum Gasteiger partial charge on any atom is 0.397 e. The van der Waals surface area contributed by atoms with Crippen LogP contribution in [-0.2, 0) is 28.7 Å². The normalized spacial score (nSPS) is 29.4. The standard InChI is InChI=1S/C18H25NO6/c1-5-9-25-18(23)17(22)19-14(13(10(2)3)16(19)21)11-7-6-8-12(24-4)15(11)20/h5,10-14H,1,6-9H2,2-4H3/t11-,12+,13-,14-/m1/s1. The molecule has 1 saturated carbocycles. The van der Waals surface area contributed by atoms with E-state index >= 15 is 0 Å².